The molecule has 12 heterocycles. The summed E-state index contributed by atoms with van der Waals surface area (Å²) in [4.78, 5) is 40.1. The van der Waals surface area contributed by atoms with E-state index in [4.69, 9.17) is 59.4 Å². The normalized spacial score (nSPS) is 16.3. The molecule has 14 aromatic rings. The van der Waals surface area contributed by atoms with Crippen molar-refractivity contribution in [1.29, 1.82) is 16.2 Å². The molecular weight excluding hydrogens is 1830 g/mol. The van der Waals surface area contributed by atoms with E-state index in [1.54, 1.807) is 34.4 Å². The van der Waals surface area contributed by atoms with Crippen LogP contribution in [0.5, 0.6) is 0 Å². The van der Waals surface area contributed by atoms with Crippen molar-refractivity contribution >= 4 is 189 Å². The number of carbonyl (C=O) groups excluding carboxylic acids is 1. The summed E-state index contributed by atoms with van der Waals surface area (Å²) >= 11 is 26.5. The number of thiophene rings is 2. The maximum absolute atomic E-state index is 12.6. The van der Waals surface area contributed by atoms with E-state index in [0.29, 0.717) is 34.8 Å². The molecule has 2 saturated heterocycles. The van der Waals surface area contributed by atoms with Crippen molar-refractivity contribution in [2.24, 2.45) is 18.0 Å². The highest BCUT2D eigenvalue weighted by atomic mass is 79.9. The van der Waals surface area contributed by atoms with Gasteiger partial charge in [-0.05, 0) is 268 Å². The van der Waals surface area contributed by atoms with Crippen LogP contribution in [0.3, 0.4) is 0 Å². The predicted molar refractivity (Wildman–Crippen MR) is 530 cm³/mol. The average molecular weight is 1940 g/mol. The predicted octanol–water partition coefficient (Wildman–Crippen LogP) is 24.3. The Bertz CT molecular complexity index is 6840. The third-order valence-corrected chi connectivity index (χ3v) is 28.2. The Labute approximate surface area is 775 Å². The zero-order chi connectivity index (χ0) is 87.2. The summed E-state index contributed by atoms with van der Waals surface area (Å²) in [5, 5.41) is 50.2. The first kappa shape index (κ1) is 87.8. The van der Waals surface area contributed by atoms with Gasteiger partial charge in [-0.1, -0.05) is 214 Å². The molecule has 6 aliphatic rings. The SMILES string of the molecule is CC(C)(C)c1csc2nc3n(c(=N)c12)CC/C3=C\c1ccccc1Br.CCc1cc(NC(=O)NC[C@@H]2CCCN(CCc3cccc(Cl)c3)C2)cc(-c2nnnn2C)c1.Cc1sc2nc3n(c(=N)c2c1C)CC/C3=C\c1ccccc1Br.Clc1ccccc1/C=C1\CCN2Cc3ccccc3N=C12.N=c1c2ccccc2nc2n1CC/C2=C\c1ccccc1Br.[HH].[HH].[HH]. The molecule has 6 aromatic heterocycles. The first-order chi connectivity index (χ1) is 60.5. The molecule has 26 heteroatoms. The number of likely N-dealkylation sites (tertiary alicyclic amines) is 1. The Kier molecular flexibility index (Phi) is 27.4. The largest absolute Gasteiger partial charge is 0.352 e. The van der Waals surface area contributed by atoms with E-state index < -0.39 is 0 Å². The zero-order valence-electron chi connectivity index (χ0n) is 70.8. The Morgan fingerprint density at radius 2 is 1.20 bits per heavy atom. The minimum absolute atomic E-state index is 0. The number of aliphatic imine (C=N–C) groups is 1. The van der Waals surface area contributed by atoms with Crippen molar-refractivity contribution in [2.45, 2.75) is 125 Å². The Hall–Kier alpha value is -10.7. The number of nitrogens with one attached hydrogen (secondary N) is 5. The van der Waals surface area contributed by atoms with Crippen LogP contribution in [0.1, 0.15) is 143 Å². The molecule has 125 heavy (non-hydrogen) atoms. The summed E-state index contributed by atoms with van der Waals surface area (Å²) in [7, 11) is 1.80. The number of benzene rings is 8. The van der Waals surface area contributed by atoms with Crippen LogP contribution in [-0.2, 0) is 51.5 Å². The first-order valence-electron chi connectivity index (χ1n) is 42.3. The van der Waals surface area contributed by atoms with Crippen molar-refractivity contribution in [2.75, 3.05) is 38.0 Å². The molecule has 0 radical (unpaired) electrons. The van der Waals surface area contributed by atoms with Gasteiger partial charge in [0.05, 0.1) is 22.0 Å². The van der Waals surface area contributed by atoms with Crippen LogP contribution in [-0.4, -0.2) is 103 Å². The van der Waals surface area contributed by atoms with Gasteiger partial charge in [0, 0.05) is 109 Å². The van der Waals surface area contributed by atoms with Crippen molar-refractivity contribution in [3.8, 4) is 11.4 Å². The fourth-order valence-corrected chi connectivity index (χ4v) is 20.6. The molecule has 1 atom stereocenters. The van der Waals surface area contributed by atoms with E-state index in [2.05, 4.69) is 220 Å². The van der Waals surface area contributed by atoms with E-state index >= 15 is 0 Å². The number of amidine groups is 1. The topological polar surface area (TPSA) is 229 Å². The molecule has 0 spiro atoms. The lowest BCUT2D eigenvalue weighted by Crippen LogP contribution is -2.42. The van der Waals surface area contributed by atoms with Crippen LogP contribution < -0.4 is 27.1 Å². The lowest BCUT2D eigenvalue weighted by atomic mass is 9.87. The van der Waals surface area contributed by atoms with Gasteiger partial charge in [-0.25, -0.2) is 29.4 Å². The monoisotopic (exact) mass is 1930 g/mol. The third-order valence-electron chi connectivity index (χ3n) is 23.5. The standard InChI is InChI=1S/C25H32ClN7O.C20H20BrN3S.C18H16BrN3S.C18H14BrN3.C18H15ClN2.3H2/c1-3-18-12-21(24-29-30-31-32(24)2)15-23(14-18)28-25(34)27-16-20-7-5-10-33(17-20)11-9-19-6-4-8-22(26)13-19;1-20(2,3)14-11-25-19-16(14)17(22)24-9-8-13(18(24)23-19)10-12-6-4-5-7-15(12)21;1-10-11(2)23-18-15(10)16(20)22-8-7-13(17(22)21-18)9-12-5-3-4-6-14(12)19;19-15-7-3-1-5-12(15)11-13-9-10-22-17(20)14-6-2-4-8-16(14)21-18(13)22;19-16-7-3-1-5-13(16)11-14-9-10-21-12-15-6-2-4-8-17(15)20-18(14)21;;;/h4,6,8,12-15,20H,3,5,7,9-11,16-17H2,1-2H3,(H2,27,28,34);4-7,10-11,22H,8-9H2,1-3H3;3-6,9,20H,7-8H2,1-2H3;1-8,11,20H,9-10H2;1-8,11H,9-10,12H2;3*1H/b;13-10+,22-17?;13-9+,20-16?;13-11+,20-17?;14-11+;;;/t20-;;;;;;;/m0......./s1. The fraction of sp³-hybridized carbons (Fsp3) is 0.263. The molecule has 2 fully saturated rings. The summed E-state index contributed by atoms with van der Waals surface area (Å²) in [6.07, 6.45) is 16.6. The Balaban J connectivity index is 0.000000137. The lowest BCUT2D eigenvalue weighted by Gasteiger charge is -2.32. The number of urea groups is 1. The lowest BCUT2D eigenvalue weighted by molar-refractivity contribution is 0.174. The van der Waals surface area contributed by atoms with Gasteiger partial charge in [0.2, 0.25) is 0 Å². The Morgan fingerprint density at radius 3 is 1.83 bits per heavy atom. The number of hydrogen-bond acceptors (Lipinski definition) is 15. The molecule has 2 amide bonds. The van der Waals surface area contributed by atoms with Crippen LogP contribution in [0.4, 0.5) is 16.2 Å². The number of para-hydroxylation sites is 2. The number of amides is 2. The molecule has 5 N–H and O–H groups in total. The minimum atomic E-state index is -0.189. The van der Waals surface area contributed by atoms with Gasteiger partial charge < -0.3 is 34.1 Å². The number of allylic oxidation sites excluding steroid dienone is 3. The number of aryl methyl sites for hydroxylation is 4. The highest BCUT2D eigenvalue weighted by Gasteiger charge is 2.31. The van der Waals surface area contributed by atoms with Crippen molar-refractivity contribution in [3.63, 3.8) is 0 Å². The second kappa shape index (κ2) is 39.1. The maximum atomic E-state index is 12.6. The molecule has 0 bridgehead atoms. The summed E-state index contributed by atoms with van der Waals surface area (Å²) in [6.45, 7) is 21.1. The van der Waals surface area contributed by atoms with Crippen molar-refractivity contribution in [3.05, 3.63) is 311 Å². The average Bonchev–Trinajstić information content (AvgIpc) is 1.60. The van der Waals surface area contributed by atoms with Crippen molar-refractivity contribution in [1.82, 2.24) is 64.0 Å². The molecule has 0 unspecified atom stereocenters. The first-order valence-corrected chi connectivity index (χ1v) is 47.1. The van der Waals surface area contributed by atoms with Gasteiger partial charge in [0.1, 0.15) is 49.4 Å². The summed E-state index contributed by atoms with van der Waals surface area (Å²) in [5.74, 6) is 5.02. The van der Waals surface area contributed by atoms with Crippen LogP contribution >= 0.6 is 93.7 Å². The number of carbonyl (C=O) groups is 1. The zero-order valence-corrected chi connectivity index (χ0v) is 78.7. The molecule has 642 valence electrons. The number of nitrogens with zero attached hydrogens (tertiary/aromatic N) is 13. The molecule has 0 aliphatic carbocycles. The number of rotatable bonds is 12. The molecular formula is C99H103Br3Cl2N18OS2. The number of aromatic nitrogens is 10. The van der Waals surface area contributed by atoms with Gasteiger partial charge in [-0.3, -0.25) is 16.2 Å². The quantitative estimate of drug-likeness (QED) is 0.0782. The number of hydrogen-bond donors (Lipinski definition) is 5. The summed E-state index contributed by atoms with van der Waals surface area (Å²) in [6, 6.07) is 62.6. The van der Waals surface area contributed by atoms with Crippen LogP contribution in [0, 0.1) is 36.0 Å². The number of halogens is 5. The van der Waals surface area contributed by atoms with Gasteiger partial charge >= 0.3 is 6.03 Å². The Morgan fingerprint density at radius 1 is 0.616 bits per heavy atom. The smallest absolute Gasteiger partial charge is 0.319 e. The second-order valence-electron chi connectivity index (χ2n) is 33.0. The molecule has 20 rings (SSSR count). The van der Waals surface area contributed by atoms with Gasteiger partial charge in [0.25, 0.3) is 0 Å². The fourth-order valence-electron chi connectivity index (χ4n) is 16.8. The van der Waals surface area contributed by atoms with Crippen LogP contribution in [0.2, 0.25) is 10.0 Å². The van der Waals surface area contributed by atoms with Gasteiger partial charge in [0.15, 0.2) is 5.82 Å². The van der Waals surface area contributed by atoms with E-state index in [0.717, 1.165) is 227 Å². The van der Waals surface area contributed by atoms with Crippen LogP contribution in [0.15, 0.2) is 217 Å². The number of fused-ring (bicyclic) bond motifs is 8. The third kappa shape index (κ3) is 20.1. The number of tetrazole rings is 1. The van der Waals surface area contributed by atoms with Gasteiger partial charge in [-0.15, -0.1) is 27.8 Å². The molecule has 8 aromatic carbocycles. The van der Waals surface area contributed by atoms with Crippen molar-refractivity contribution < 1.29 is 9.07 Å². The highest BCUT2D eigenvalue weighted by molar-refractivity contribution is 9.11. The number of piperidine rings is 1. The van der Waals surface area contributed by atoms with E-state index in [1.165, 1.54) is 49.4 Å². The summed E-state index contributed by atoms with van der Waals surface area (Å²) < 4.78 is 11.0. The summed E-state index contributed by atoms with van der Waals surface area (Å²) in [5.41, 5.74) is 20.9. The minimum Gasteiger partial charge on any atom is -0.352 e. The van der Waals surface area contributed by atoms with E-state index in [9.17, 15) is 4.79 Å². The van der Waals surface area contributed by atoms with E-state index in [-0.39, 0.29) is 15.7 Å². The highest BCUT2D eigenvalue weighted by Crippen LogP contribution is 2.40. The van der Waals surface area contributed by atoms with Gasteiger partial charge in [-0.2, -0.15) is 0 Å². The molecule has 6 aliphatic heterocycles. The number of anilines is 1. The second-order valence-corrected chi connectivity index (χ2v) is 38.5. The maximum Gasteiger partial charge on any atom is 0.319 e. The van der Waals surface area contributed by atoms with Crippen LogP contribution in [0.25, 0.3) is 83.7 Å². The molecule has 0 saturated carbocycles. The molecule has 19 nitrogen and oxygen atoms in total. The van der Waals surface area contributed by atoms with E-state index in [1.807, 2.05) is 137 Å².